The average Bonchev–Trinajstić information content (AvgIpc) is 2.78. The lowest BCUT2D eigenvalue weighted by atomic mass is 10.2. The molecule has 0 atom stereocenters. The van der Waals surface area contributed by atoms with Crippen LogP contribution in [0.4, 0.5) is 23.2 Å². The van der Waals surface area contributed by atoms with Gasteiger partial charge in [-0.15, -0.1) is 0 Å². The Morgan fingerprint density at radius 3 is 2.26 bits per heavy atom. The first-order valence-corrected chi connectivity index (χ1v) is 11.2. The van der Waals surface area contributed by atoms with Crippen molar-refractivity contribution in [3.8, 4) is 11.6 Å². The van der Waals surface area contributed by atoms with Gasteiger partial charge in [-0.25, -0.2) is 17.6 Å². The number of aromatic nitrogens is 2. The molecule has 1 fully saturated rings. The Labute approximate surface area is 201 Å². The van der Waals surface area contributed by atoms with Crippen LogP contribution in [0.2, 0.25) is 0 Å². The molecule has 1 aliphatic rings. The van der Waals surface area contributed by atoms with Gasteiger partial charge in [-0.3, -0.25) is 9.36 Å². The number of aryl methyl sites for hydroxylation is 1. The Hall–Kier alpha value is -2.92. The average molecular weight is 541 g/mol. The summed E-state index contributed by atoms with van der Waals surface area (Å²) in [6.07, 6.45) is 0. The highest BCUT2D eigenvalue weighted by Crippen LogP contribution is 2.28. The number of piperazine rings is 1. The summed E-state index contributed by atoms with van der Waals surface area (Å²) in [6.45, 7) is 3.85. The van der Waals surface area contributed by atoms with Crippen LogP contribution in [0.25, 0.3) is 5.69 Å². The number of nitrogens with zero attached hydrogens (tertiary/aromatic N) is 4. The van der Waals surface area contributed by atoms with Gasteiger partial charge in [-0.1, -0.05) is 0 Å². The van der Waals surface area contributed by atoms with Crippen molar-refractivity contribution in [3.05, 3.63) is 79.8 Å². The van der Waals surface area contributed by atoms with Crippen LogP contribution in [-0.4, -0.2) is 47.7 Å². The Bertz CT molecular complexity index is 1270. The van der Waals surface area contributed by atoms with Crippen molar-refractivity contribution in [1.82, 2.24) is 14.5 Å². The van der Waals surface area contributed by atoms with Crippen LogP contribution in [0.3, 0.4) is 0 Å². The van der Waals surface area contributed by atoms with Crippen LogP contribution < -0.4 is 15.2 Å². The molecule has 0 unspecified atom stereocenters. The summed E-state index contributed by atoms with van der Waals surface area (Å²) in [6, 6.07) is 5.39. The molecule has 1 saturated heterocycles. The summed E-state index contributed by atoms with van der Waals surface area (Å²) in [5.74, 6) is -3.58. The highest BCUT2D eigenvalue weighted by Gasteiger charge is 2.23. The minimum absolute atomic E-state index is 0.0343. The van der Waals surface area contributed by atoms with Gasteiger partial charge in [0.1, 0.15) is 34.2 Å². The number of halogens is 5. The largest absolute Gasteiger partial charge is 0.472 e. The molecule has 11 heteroatoms. The molecule has 0 aliphatic carbocycles. The third-order valence-corrected chi connectivity index (χ3v) is 6.32. The molecule has 180 valence electrons. The fourth-order valence-electron chi connectivity index (χ4n) is 3.74. The van der Waals surface area contributed by atoms with E-state index < -0.39 is 34.5 Å². The fourth-order valence-corrected chi connectivity index (χ4v) is 4.12. The van der Waals surface area contributed by atoms with E-state index in [1.165, 1.54) is 25.1 Å². The summed E-state index contributed by atoms with van der Waals surface area (Å²) in [7, 11) is 1.98. The van der Waals surface area contributed by atoms with Gasteiger partial charge in [0.25, 0.3) is 5.56 Å². The van der Waals surface area contributed by atoms with Gasteiger partial charge in [0.2, 0.25) is 5.88 Å². The Morgan fingerprint density at radius 2 is 1.65 bits per heavy atom. The zero-order chi connectivity index (χ0) is 24.6. The molecular formula is C23H21BrF4N4O2. The lowest BCUT2D eigenvalue weighted by Gasteiger charge is -2.34. The molecule has 0 amide bonds. The minimum atomic E-state index is -0.908. The molecule has 0 radical (unpaired) electrons. The summed E-state index contributed by atoms with van der Waals surface area (Å²) >= 11 is 3.07. The molecule has 1 aliphatic heterocycles. The van der Waals surface area contributed by atoms with Gasteiger partial charge >= 0.3 is 0 Å². The number of ether oxygens (including phenoxy) is 1. The molecule has 2 aromatic carbocycles. The molecule has 0 saturated carbocycles. The molecule has 0 spiro atoms. The molecule has 6 nitrogen and oxygen atoms in total. The number of hydrogen-bond donors (Lipinski definition) is 0. The summed E-state index contributed by atoms with van der Waals surface area (Å²) in [5.41, 5.74) is -0.906. The van der Waals surface area contributed by atoms with Crippen LogP contribution in [0.5, 0.6) is 5.88 Å². The molecule has 0 bridgehead atoms. The first kappa shape index (κ1) is 24.2. The van der Waals surface area contributed by atoms with Gasteiger partial charge < -0.3 is 14.5 Å². The van der Waals surface area contributed by atoms with E-state index in [4.69, 9.17) is 4.74 Å². The topological polar surface area (TPSA) is 50.6 Å². The highest BCUT2D eigenvalue weighted by atomic mass is 79.9. The second-order valence-electron chi connectivity index (χ2n) is 7.99. The van der Waals surface area contributed by atoms with E-state index in [9.17, 15) is 13.6 Å². The Kier molecular flexibility index (Phi) is 6.94. The molecular weight excluding hydrogens is 520 g/mol. The summed E-state index contributed by atoms with van der Waals surface area (Å²) < 4.78 is 63.2. The van der Waals surface area contributed by atoms with Crippen molar-refractivity contribution in [3.63, 3.8) is 0 Å². The van der Waals surface area contributed by atoms with Crippen molar-refractivity contribution in [2.75, 3.05) is 38.1 Å². The molecule has 3 aromatic rings. The standard InChI is InChI=1S/C23H21BrF4N4O2/c1-13-29-22(34-12-14-3-4-15(25)9-17(14)26)20(24)23(33)32(13)21-18(27)10-16(11-19(21)28)31-7-5-30(2)6-8-31/h3-4,9-11H,5-8,12H2,1-2H3. The van der Waals surface area contributed by atoms with Crippen molar-refractivity contribution in [1.29, 1.82) is 0 Å². The van der Waals surface area contributed by atoms with Gasteiger partial charge in [0.05, 0.1) is 0 Å². The second kappa shape index (κ2) is 9.75. The van der Waals surface area contributed by atoms with Gasteiger partial charge in [0, 0.05) is 43.5 Å². The van der Waals surface area contributed by atoms with Crippen molar-refractivity contribution in [2.45, 2.75) is 13.5 Å². The van der Waals surface area contributed by atoms with E-state index in [0.29, 0.717) is 24.8 Å². The zero-order valence-corrected chi connectivity index (χ0v) is 20.0. The quantitative estimate of drug-likeness (QED) is 0.454. The normalized spacial score (nSPS) is 14.5. The predicted molar refractivity (Wildman–Crippen MR) is 123 cm³/mol. The number of benzene rings is 2. The lowest BCUT2D eigenvalue weighted by Crippen LogP contribution is -2.44. The second-order valence-corrected chi connectivity index (χ2v) is 8.78. The van der Waals surface area contributed by atoms with Crippen LogP contribution in [0.1, 0.15) is 11.4 Å². The van der Waals surface area contributed by atoms with E-state index >= 15 is 8.78 Å². The van der Waals surface area contributed by atoms with Crippen LogP contribution in [0.15, 0.2) is 39.6 Å². The molecule has 1 aromatic heterocycles. The third-order valence-electron chi connectivity index (χ3n) is 5.64. The first-order valence-electron chi connectivity index (χ1n) is 10.4. The van der Waals surface area contributed by atoms with E-state index in [2.05, 4.69) is 25.8 Å². The zero-order valence-electron chi connectivity index (χ0n) is 18.4. The molecule has 4 rings (SSSR count). The van der Waals surface area contributed by atoms with E-state index in [-0.39, 0.29) is 28.3 Å². The van der Waals surface area contributed by atoms with E-state index in [1.54, 1.807) is 0 Å². The van der Waals surface area contributed by atoms with Crippen molar-refractivity contribution < 1.29 is 22.3 Å². The first-order chi connectivity index (χ1) is 16.2. The minimum Gasteiger partial charge on any atom is -0.472 e. The number of anilines is 1. The molecule has 0 N–H and O–H groups in total. The maximum absolute atomic E-state index is 15.1. The maximum atomic E-state index is 15.1. The summed E-state index contributed by atoms with van der Waals surface area (Å²) in [5, 5.41) is 0. The Morgan fingerprint density at radius 1 is 1.00 bits per heavy atom. The number of rotatable bonds is 5. The van der Waals surface area contributed by atoms with Crippen LogP contribution in [-0.2, 0) is 6.61 Å². The smallest absolute Gasteiger partial charge is 0.276 e. The fraction of sp³-hybridized carbons (Fsp3) is 0.304. The van der Waals surface area contributed by atoms with Gasteiger partial charge in [-0.2, -0.15) is 4.98 Å². The third kappa shape index (κ3) is 4.80. The van der Waals surface area contributed by atoms with Crippen molar-refractivity contribution >= 4 is 21.6 Å². The number of likely N-dealkylation sites (N-methyl/N-ethyl adjacent to an activating group) is 1. The predicted octanol–water partition coefficient (Wildman–Crippen LogP) is 4.19. The van der Waals surface area contributed by atoms with Crippen LogP contribution >= 0.6 is 15.9 Å². The highest BCUT2D eigenvalue weighted by molar-refractivity contribution is 9.10. The maximum Gasteiger partial charge on any atom is 0.276 e. The van der Waals surface area contributed by atoms with Crippen molar-refractivity contribution in [2.24, 2.45) is 0 Å². The van der Waals surface area contributed by atoms with E-state index in [1.807, 2.05) is 11.9 Å². The lowest BCUT2D eigenvalue weighted by molar-refractivity contribution is 0.283. The summed E-state index contributed by atoms with van der Waals surface area (Å²) in [4.78, 5) is 21.1. The molecule has 34 heavy (non-hydrogen) atoms. The monoisotopic (exact) mass is 540 g/mol. The van der Waals surface area contributed by atoms with Crippen LogP contribution in [0, 0.1) is 30.2 Å². The molecule has 2 heterocycles. The number of hydrogen-bond acceptors (Lipinski definition) is 5. The van der Waals surface area contributed by atoms with Gasteiger partial charge in [-0.05, 0) is 54.2 Å². The van der Waals surface area contributed by atoms with Gasteiger partial charge in [0.15, 0.2) is 11.6 Å². The Balaban J connectivity index is 1.65. The van der Waals surface area contributed by atoms with E-state index in [0.717, 1.165) is 23.7 Å². The SMILES string of the molecule is Cc1nc(OCc2ccc(F)cc2F)c(Br)c(=O)n1-c1c(F)cc(N2CCN(C)CC2)cc1F.